The van der Waals surface area contributed by atoms with Gasteiger partial charge in [0.15, 0.2) is 0 Å². The fraction of sp³-hybridized carbons (Fsp3) is 0.800. The van der Waals surface area contributed by atoms with E-state index in [1.165, 1.54) is 64.2 Å². The van der Waals surface area contributed by atoms with Crippen LogP contribution in [0.5, 0.6) is 0 Å². The maximum Gasteiger partial charge on any atom is 0.228 e. The normalized spacial score (nSPS) is 22.3. The Hall–Kier alpha value is -1.19. The van der Waals surface area contributed by atoms with E-state index in [1.807, 2.05) is 0 Å². The van der Waals surface area contributed by atoms with Crippen molar-refractivity contribution in [1.29, 1.82) is 0 Å². The molecule has 2 aliphatic rings. The maximum absolute atomic E-state index is 4.43. The van der Waals surface area contributed by atoms with Gasteiger partial charge in [-0.3, -0.25) is 0 Å². The maximum atomic E-state index is 4.43. The zero-order valence-corrected chi connectivity index (χ0v) is 11.7. The van der Waals surface area contributed by atoms with E-state index in [9.17, 15) is 0 Å². The van der Waals surface area contributed by atoms with Crippen LogP contribution in [-0.4, -0.2) is 27.0 Å². The van der Waals surface area contributed by atoms with Crippen LogP contribution in [0.1, 0.15) is 64.2 Å². The van der Waals surface area contributed by atoms with E-state index in [-0.39, 0.29) is 0 Å². The SMILES string of the molecule is c1ncnc(N(C2CCCCC2)C2CCCCC2)n1. The predicted octanol–water partition coefficient (Wildman–Crippen LogP) is 3.34. The molecule has 0 spiro atoms. The van der Waals surface area contributed by atoms with Crippen LogP contribution in [0, 0.1) is 0 Å². The van der Waals surface area contributed by atoms with E-state index >= 15 is 0 Å². The molecule has 1 heterocycles. The zero-order chi connectivity index (χ0) is 12.9. The molecule has 0 aromatic carbocycles. The van der Waals surface area contributed by atoms with Crippen molar-refractivity contribution in [3.8, 4) is 0 Å². The van der Waals surface area contributed by atoms with E-state index in [2.05, 4.69) is 19.9 Å². The topological polar surface area (TPSA) is 41.9 Å². The number of nitrogens with zero attached hydrogens (tertiary/aromatic N) is 4. The van der Waals surface area contributed by atoms with Gasteiger partial charge in [0.25, 0.3) is 0 Å². The number of aromatic nitrogens is 3. The molecule has 1 aromatic rings. The van der Waals surface area contributed by atoms with Gasteiger partial charge in [0.05, 0.1) is 0 Å². The molecule has 0 aliphatic heterocycles. The highest BCUT2D eigenvalue weighted by molar-refractivity contribution is 5.32. The Morgan fingerprint density at radius 2 is 1.21 bits per heavy atom. The van der Waals surface area contributed by atoms with Crippen molar-refractivity contribution in [3.63, 3.8) is 0 Å². The molecule has 4 heteroatoms. The molecule has 2 saturated carbocycles. The summed E-state index contributed by atoms with van der Waals surface area (Å²) in [5, 5.41) is 0. The van der Waals surface area contributed by atoms with Gasteiger partial charge in [0.1, 0.15) is 12.7 Å². The van der Waals surface area contributed by atoms with Gasteiger partial charge in [0, 0.05) is 12.1 Å². The van der Waals surface area contributed by atoms with Gasteiger partial charge in [-0.2, -0.15) is 0 Å². The van der Waals surface area contributed by atoms with Gasteiger partial charge in [-0.15, -0.1) is 0 Å². The average molecular weight is 260 g/mol. The smallest absolute Gasteiger partial charge is 0.228 e. The molecule has 0 amide bonds. The minimum Gasteiger partial charge on any atom is -0.335 e. The summed E-state index contributed by atoms with van der Waals surface area (Å²) in [4.78, 5) is 15.4. The van der Waals surface area contributed by atoms with E-state index in [0.717, 1.165) is 5.95 Å². The Kier molecular flexibility index (Phi) is 4.26. The van der Waals surface area contributed by atoms with Crippen molar-refractivity contribution in [1.82, 2.24) is 15.0 Å². The minimum atomic E-state index is 0.652. The summed E-state index contributed by atoms with van der Waals surface area (Å²) in [6.07, 6.45) is 16.7. The lowest BCUT2D eigenvalue weighted by molar-refractivity contribution is 0.335. The molecule has 104 valence electrons. The van der Waals surface area contributed by atoms with E-state index in [1.54, 1.807) is 12.7 Å². The molecule has 0 bridgehead atoms. The summed E-state index contributed by atoms with van der Waals surface area (Å²) < 4.78 is 0. The third-order valence-electron chi connectivity index (χ3n) is 4.65. The summed E-state index contributed by atoms with van der Waals surface area (Å²) in [7, 11) is 0. The van der Waals surface area contributed by atoms with Gasteiger partial charge >= 0.3 is 0 Å². The van der Waals surface area contributed by atoms with Gasteiger partial charge in [-0.25, -0.2) is 15.0 Å². The second kappa shape index (κ2) is 6.31. The Labute approximate surface area is 115 Å². The lowest BCUT2D eigenvalue weighted by atomic mass is 9.89. The first-order chi connectivity index (χ1) is 9.45. The van der Waals surface area contributed by atoms with Crippen molar-refractivity contribution in [2.75, 3.05) is 4.90 Å². The van der Waals surface area contributed by atoms with Gasteiger partial charge in [-0.05, 0) is 25.7 Å². The molecule has 0 saturated heterocycles. The van der Waals surface area contributed by atoms with Gasteiger partial charge < -0.3 is 4.90 Å². The van der Waals surface area contributed by atoms with Crippen LogP contribution in [0.2, 0.25) is 0 Å². The standard InChI is InChI=1S/C15H24N4/c1-3-7-13(8-4-1)19(14-9-5-2-6-10-14)15-17-11-16-12-18-15/h11-14H,1-10H2. The van der Waals surface area contributed by atoms with Gasteiger partial charge in [-0.1, -0.05) is 38.5 Å². The summed E-state index contributed by atoms with van der Waals surface area (Å²) in [5.74, 6) is 0.911. The van der Waals surface area contributed by atoms with Crippen LogP contribution in [0.15, 0.2) is 12.7 Å². The van der Waals surface area contributed by atoms with Crippen molar-refractivity contribution >= 4 is 5.95 Å². The Balaban J connectivity index is 1.81. The van der Waals surface area contributed by atoms with Crippen LogP contribution in [0.4, 0.5) is 5.95 Å². The number of hydrogen-bond acceptors (Lipinski definition) is 4. The quantitative estimate of drug-likeness (QED) is 0.836. The van der Waals surface area contributed by atoms with Crippen LogP contribution < -0.4 is 4.90 Å². The molecule has 0 N–H and O–H groups in total. The molecular formula is C15H24N4. The number of rotatable bonds is 3. The predicted molar refractivity (Wildman–Crippen MR) is 76.1 cm³/mol. The van der Waals surface area contributed by atoms with Crippen LogP contribution in [0.3, 0.4) is 0 Å². The zero-order valence-electron chi connectivity index (χ0n) is 11.7. The summed E-state index contributed by atoms with van der Waals surface area (Å²) >= 11 is 0. The lowest BCUT2D eigenvalue weighted by Gasteiger charge is -2.41. The second-order valence-electron chi connectivity index (χ2n) is 5.93. The molecule has 1 aromatic heterocycles. The molecular weight excluding hydrogens is 236 g/mol. The average Bonchev–Trinajstić information content (AvgIpc) is 2.51. The molecule has 0 unspecified atom stereocenters. The van der Waals surface area contributed by atoms with Crippen molar-refractivity contribution in [2.45, 2.75) is 76.3 Å². The van der Waals surface area contributed by atoms with Crippen molar-refractivity contribution < 1.29 is 0 Å². The molecule has 3 rings (SSSR count). The molecule has 2 fully saturated rings. The summed E-state index contributed by atoms with van der Waals surface area (Å²) in [6, 6.07) is 1.30. The van der Waals surface area contributed by atoms with Crippen LogP contribution in [0.25, 0.3) is 0 Å². The number of hydrogen-bond donors (Lipinski definition) is 0. The number of anilines is 1. The first-order valence-electron chi connectivity index (χ1n) is 7.85. The third-order valence-corrected chi connectivity index (χ3v) is 4.65. The summed E-state index contributed by atoms with van der Waals surface area (Å²) in [5.41, 5.74) is 0. The summed E-state index contributed by atoms with van der Waals surface area (Å²) in [6.45, 7) is 0. The highest BCUT2D eigenvalue weighted by atomic mass is 15.3. The van der Waals surface area contributed by atoms with Crippen LogP contribution in [-0.2, 0) is 0 Å². The fourth-order valence-electron chi connectivity index (χ4n) is 3.71. The van der Waals surface area contributed by atoms with E-state index < -0.39 is 0 Å². The lowest BCUT2D eigenvalue weighted by Crippen LogP contribution is -2.46. The Morgan fingerprint density at radius 3 is 1.68 bits per heavy atom. The van der Waals surface area contributed by atoms with Crippen LogP contribution >= 0.6 is 0 Å². The third kappa shape index (κ3) is 3.04. The van der Waals surface area contributed by atoms with E-state index in [4.69, 9.17) is 0 Å². The fourth-order valence-corrected chi connectivity index (χ4v) is 3.71. The first kappa shape index (κ1) is 12.8. The Bertz CT molecular complexity index is 351. The van der Waals surface area contributed by atoms with E-state index in [0.29, 0.717) is 12.1 Å². The second-order valence-corrected chi connectivity index (χ2v) is 5.93. The highest BCUT2D eigenvalue weighted by Gasteiger charge is 2.30. The molecule has 0 atom stereocenters. The highest BCUT2D eigenvalue weighted by Crippen LogP contribution is 2.32. The van der Waals surface area contributed by atoms with Crippen molar-refractivity contribution in [2.24, 2.45) is 0 Å². The molecule has 19 heavy (non-hydrogen) atoms. The first-order valence-corrected chi connectivity index (χ1v) is 7.85. The molecule has 2 aliphatic carbocycles. The monoisotopic (exact) mass is 260 g/mol. The largest absolute Gasteiger partial charge is 0.335 e. The molecule has 0 radical (unpaired) electrons. The molecule has 4 nitrogen and oxygen atoms in total. The van der Waals surface area contributed by atoms with Gasteiger partial charge in [0.2, 0.25) is 5.95 Å². The Morgan fingerprint density at radius 1 is 0.737 bits per heavy atom. The minimum absolute atomic E-state index is 0.652. The van der Waals surface area contributed by atoms with Crippen molar-refractivity contribution in [3.05, 3.63) is 12.7 Å².